The van der Waals surface area contributed by atoms with Gasteiger partial charge in [0, 0.05) is 11.6 Å². The lowest BCUT2D eigenvalue weighted by atomic mass is 10.1. The molecular formula is C15H12F3NO2. The molecule has 21 heavy (non-hydrogen) atoms. The van der Waals surface area contributed by atoms with Crippen molar-refractivity contribution in [1.29, 1.82) is 0 Å². The standard InChI is InChI=1S/C15H12F3NO2/c1-9(19-20)14-7-11(16)2-3-15(14)21-8-10-4-12(17)6-13(18)5-10/h2-7,20H,8H2,1H3/b19-9-. The Hall–Kier alpha value is -2.50. The third-order valence-corrected chi connectivity index (χ3v) is 2.80. The van der Waals surface area contributed by atoms with Crippen molar-refractivity contribution in [1.82, 2.24) is 0 Å². The van der Waals surface area contributed by atoms with Crippen molar-refractivity contribution < 1.29 is 23.1 Å². The fourth-order valence-electron chi connectivity index (χ4n) is 1.82. The molecule has 0 aromatic heterocycles. The summed E-state index contributed by atoms with van der Waals surface area (Å²) in [5, 5.41) is 11.8. The Morgan fingerprint density at radius 2 is 1.71 bits per heavy atom. The van der Waals surface area contributed by atoms with Gasteiger partial charge in [0.2, 0.25) is 0 Å². The Morgan fingerprint density at radius 1 is 1.05 bits per heavy atom. The molecule has 0 unspecified atom stereocenters. The molecule has 0 spiro atoms. The molecule has 2 aromatic rings. The molecule has 0 saturated carbocycles. The predicted molar refractivity (Wildman–Crippen MR) is 71.1 cm³/mol. The minimum atomic E-state index is -0.707. The van der Waals surface area contributed by atoms with E-state index in [1.165, 1.54) is 19.1 Å². The maximum Gasteiger partial charge on any atom is 0.129 e. The highest BCUT2D eigenvalue weighted by Gasteiger charge is 2.10. The third kappa shape index (κ3) is 3.75. The lowest BCUT2D eigenvalue weighted by Gasteiger charge is -2.11. The molecule has 0 aliphatic rings. The van der Waals surface area contributed by atoms with Gasteiger partial charge < -0.3 is 9.94 Å². The van der Waals surface area contributed by atoms with Gasteiger partial charge in [-0.2, -0.15) is 0 Å². The monoisotopic (exact) mass is 295 g/mol. The number of benzene rings is 2. The van der Waals surface area contributed by atoms with Gasteiger partial charge in [0.1, 0.15) is 29.8 Å². The largest absolute Gasteiger partial charge is 0.488 e. The number of hydrogen-bond acceptors (Lipinski definition) is 3. The number of ether oxygens (including phenoxy) is 1. The molecule has 2 aromatic carbocycles. The Kier molecular flexibility index (Phi) is 4.47. The molecule has 6 heteroatoms. The van der Waals surface area contributed by atoms with Crippen LogP contribution in [0.25, 0.3) is 0 Å². The van der Waals surface area contributed by atoms with Crippen molar-refractivity contribution in [3.63, 3.8) is 0 Å². The summed E-state index contributed by atoms with van der Waals surface area (Å²) < 4.78 is 44.8. The normalized spacial score (nSPS) is 11.5. The van der Waals surface area contributed by atoms with Gasteiger partial charge in [-0.05, 0) is 42.8 Å². The Morgan fingerprint density at radius 3 is 2.33 bits per heavy atom. The van der Waals surface area contributed by atoms with E-state index in [4.69, 9.17) is 9.94 Å². The van der Waals surface area contributed by atoms with Crippen LogP contribution in [-0.2, 0) is 6.61 Å². The minimum Gasteiger partial charge on any atom is -0.488 e. The first-order valence-electron chi connectivity index (χ1n) is 6.06. The molecule has 0 heterocycles. The van der Waals surface area contributed by atoms with E-state index >= 15 is 0 Å². The number of halogens is 3. The number of nitrogens with zero attached hydrogens (tertiary/aromatic N) is 1. The van der Waals surface area contributed by atoms with Crippen molar-refractivity contribution in [2.75, 3.05) is 0 Å². The van der Waals surface area contributed by atoms with Gasteiger partial charge in [0.25, 0.3) is 0 Å². The van der Waals surface area contributed by atoms with Crippen molar-refractivity contribution in [2.24, 2.45) is 5.16 Å². The second-order valence-electron chi connectivity index (χ2n) is 4.39. The molecule has 1 N–H and O–H groups in total. The van der Waals surface area contributed by atoms with Crippen LogP contribution in [-0.4, -0.2) is 10.9 Å². The van der Waals surface area contributed by atoms with Crippen LogP contribution in [0.5, 0.6) is 5.75 Å². The summed E-state index contributed by atoms with van der Waals surface area (Å²) in [6.45, 7) is 1.37. The average Bonchev–Trinajstić information content (AvgIpc) is 2.44. The lowest BCUT2D eigenvalue weighted by Crippen LogP contribution is -2.04. The first kappa shape index (κ1) is 14.9. The van der Waals surface area contributed by atoms with Crippen LogP contribution in [0.4, 0.5) is 13.2 Å². The Labute approximate surface area is 119 Å². The minimum absolute atomic E-state index is 0.105. The van der Waals surface area contributed by atoms with Gasteiger partial charge in [-0.3, -0.25) is 0 Å². The molecule has 0 bridgehead atoms. The highest BCUT2D eigenvalue weighted by molar-refractivity contribution is 6.00. The van der Waals surface area contributed by atoms with Crippen LogP contribution in [0, 0.1) is 17.5 Å². The lowest BCUT2D eigenvalue weighted by molar-refractivity contribution is 0.301. The third-order valence-electron chi connectivity index (χ3n) is 2.80. The van der Waals surface area contributed by atoms with Gasteiger partial charge in [-0.1, -0.05) is 5.16 Å². The zero-order valence-corrected chi connectivity index (χ0v) is 11.1. The van der Waals surface area contributed by atoms with Crippen LogP contribution >= 0.6 is 0 Å². The summed E-state index contributed by atoms with van der Waals surface area (Å²) in [5.41, 5.74) is 0.714. The van der Waals surface area contributed by atoms with Gasteiger partial charge in [-0.15, -0.1) is 0 Å². The van der Waals surface area contributed by atoms with Crippen molar-refractivity contribution in [3.8, 4) is 5.75 Å². The maximum absolute atomic E-state index is 13.2. The van der Waals surface area contributed by atoms with Crippen LogP contribution in [0.3, 0.4) is 0 Å². The number of oxime groups is 1. The molecule has 2 rings (SSSR count). The van der Waals surface area contributed by atoms with E-state index in [0.717, 1.165) is 24.3 Å². The van der Waals surface area contributed by atoms with Crippen LogP contribution in [0.2, 0.25) is 0 Å². The van der Waals surface area contributed by atoms with E-state index in [9.17, 15) is 13.2 Å². The second kappa shape index (κ2) is 6.30. The first-order valence-corrected chi connectivity index (χ1v) is 6.06. The van der Waals surface area contributed by atoms with E-state index in [1.54, 1.807) is 0 Å². The number of hydrogen-bond donors (Lipinski definition) is 1. The predicted octanol–water partition coefficient (Wildman–Crippen LogP) is 3.88. The fraction of sp³-hybridized carbons (Fsp3) is 0.133. The molecule has 0 saturated heterocycles. The molecule has 110 valence electrons. The zero-order valence-electron chi connectivity index (χ0n) is 11.1. The van der Waals surface area contributed by atoms with Crippen molar-refractivity contribution in [2.45, 2.75) is 13.5 Å². The van der Waals surface area contributed by atoms with Crippen LogP contribution in [0.1, 0.15) is 18.1 Å². The fourth-order valence-corrected chi connectivity index (χ4v) is 1.82. The second-order valence-corrected chi connectivity index (χ2v) is 4.39. The molecule has 0 radical (unpaired) electrons. The average molecular weight is 295 g/mol. The Bertz CT molecular complexity index is 666. The first-order chi connectivity index (χ1) is 9.99. The molecule has 0 fully saturated rings. The van der Waals surface area contributed by atoms with Gasteiger partial charge >= 0.3 is 0 Å². The quantitative estimate of drug-likeness (QED) is 0.528. The van der Waals surface area contributed by atoms with E-state index < -0.39 is 17.5 Å². The molecule has 0 atom stereocenters. The summed E-state index contributed by atoms with van der Waals surface area (Å²) in [7, 11) is 0. The van der Waals surface area contributed by atoms with Gasteiger partial charge in [-0.25, -0.2) is 13.2 Å². The summed E-state index contributed by atoms with van der Waals surface area (Å²) in [5.74, 6) is -1.68. The van der Waals surface area contributed by atoms with Gasteiger partial charge in [0.15, 0.2) is 0 Å². The maximum atomic E-state index is 13.2. The summed E-state index contributed by atoms with van der Waals surface area (Å²) in [6.07, 6.45) is 0. The van der Waals surface area contributed by atoms with Crippen LogP contribution < -0.4 is 4.74 Å². The van der Waals surface area contributed by atoms with E-state index in [2.05, 4.69) is 5.16 Å². The van der Waals surface area contributed by atoms with E-state index in [0.29, 0.717) is 5.56 Å². The smallest absolute Gasteiger partial charge is 0.129 e. The molecule has 0 amide bonds. The van der Waals surface area contributed by atoms with E-state index in [1.807, 2.05) is 0 Å². The zero-order chi connectivity index (χ0) is 15.4. The highest BCUT2D eigenvalue weighted by atomic mass is 19.1. The summed E-state index contributed by atoms with van der Waals surface area (Å²) in [6, 6.07) is 6.72. The summed E-state index contributed by atoms with van der Waals surface area (Å²) in [4.78, 5) is 0. The number of rotatable bonds is 4. The SMILES string of the molecule is C/C(=N/O)c1cc(F)ccc1OCc1cc(F)cc(F)c1. The van der Waals surface area contributed by atoms with Crippen molar-refractivity contribution in [3.05, 3.63) is 65.0 Å². The molecular weight excluding hydrogens is 283 g/mol. The highest BCUT2D eigenvalue weighted by Crippen LogP contribution is 2.22. The van der Waals surface area contributed by atoms with E-state index in [-0.39, 0.29) is 23.6 Å². The van der Waals surface area contributed by atoms with Gasteiger partial charge in [0.05, 0.1) is 5.71 Å². The van der Waals surface area contributed by atoms with Crippen molar-refractivity contribution >= 4 is 5.71 Å². The molecule has 0 aliphatic heterocycles. The summed E-state index contributed by atoms with van der Waals surface area (Å²) >= 11 is 0. The topological polar surface area (TPSA) is 41.8 Å². The molecule has 3 nitrogen and oxygen atoms in total. The Balaban J connectivity index is 2.23. The molecule has 0 aliphatic carbocycles. The van der Waals surface area contributed by atoms with Crippen LogP contribution in [0.15, 0.2) is 41.6 Å².